The van der Waals surface area contributed by atoms with Crippen molar-refractivity contribution in [3.05, 3.63) is 0 Å². The number of nitrogens with zero attached hydrogens (tertiary/aromatic N) is 1. The van der Waals surface area contributed by atoms with Gasteiger partial charge in [0.15, 0.2) is 5.96 Å². The third-order valence-electron chi connectivity index (χ3n) is 1.80. The van der Waals surface area contributed by atoms with Crippen LogP contribution >= 0.6 is 0 Å². The fourth-order valence-corrected chi connectivity index (χ4v) is 2.36. The first-order chi connectivity index (χ1) is 8.20. The number of rotatable bonds is 6. The van der Waals surface area contributed by atoms with Gasteiger partial charge in [0.25, 0.3) is 0 Å². The molecule has 0 fully saturated rings. The van der Waals surface area contributed by atoms with E-state index in [0.29, 0.717) is 25.6 Å². The van der Waals surface area contributed by atoms with Gasteiger partial charge >= 0.3 is 0 Å². The second-order valence-corrected chi connectivity index (χ2v) is 6.26. The molecule has 0 amide bonds. The molecule has 0 saturated heterocycles. The van der Waals surface area contributed by atoms with E-state index >= 15 is 0 Å². The Balaban J connectivity index is 4.58. The molecular weight excluding hydrogens is 252 g/mol. The summed E-state index contributed by atoms with van der Waals surface area (Å²) in [7, 11) is -3.25. The number of hydrogen-bond acceptors (Lipinski definition) is 3. The van der Waals surface area contributed by atoms with Gasteiger partial charge in [-0.15, -0.1) is 6.42 Å². The van der Waals surface area contributed by atoms with Crippen LogP contribution in [-0.4, -0.2) is 45.8 Å². The first kappa shape index (κ1) is 16.7. The zero-order valence-electron chi connectivity index (χ0n) is 11.4. The number of sulfonamides is 1. The van der Waals surface area contributed by atoms with Crippen LogP contribution in [0.2, 0.25) is 0 Å². The van der Waals surface area contributed by atoms with Crippen LogP contribution in [0.1, 0.15) is 20.8 Å². The zero-order valence-corrected chi connectivity index (χ0v) is 12.2. The normalized spacial score (nSPS) is 12.9. The minimum atomic E-state index is -3.25. The van der Waals surface area contributed by atoms with Crippen molar-refractivity contribution >= 4 is 16.0 Å². The maximum absolute atomic E-state index is 11.2. The smallest absolute Gasteiger partial charge is 0.209 e. The van der Waals surface area contributed by atoms with Crippen molar-refractivity contribution in [3.8, 4) is 12.3 Å². The number of hydrogen-bond donors (Lipinski definition) is 3. The van der Waals surface area contributed by atoms with Gasteiger partial charge in [-0.3, -0.25) is 4.99 Å². The lowest BCUT2D eigenvalue weighted by atomic mass is 10.1. The average molecular weight is 274 g/mol. The molecule has 0 aromatic heterocycles. The Bertz CT molecular complexity index is 421. The van der Waals surface area contributed by atoms with Gasteiger partial charge in [-0.05, 0) is 20.8 Å². The molecule has 0 atom stereocenters. The molecule has 7 heteroatoms. The Morgan fingerprint density at radius 1 is 1.39 bits per heavy atom. The van der Waals surface area contributed by atoms with Gasteiger partial charge in [0.1, 0.15) is 0 Å². The van der Waals surface area contributed by atoms with Gasteiger partial charge in [-0.25, -0.2) is 13.1 Å². The molecule has 0 aliphatic rings. The Labute approximate surface area is 110 Å². The van der Waals surface area contributed by atoms with E-state index in [9.17, 15) is 8.42 Å². The molecule has 0 aromatic rings. The summed E-state index contributed by atoms with van der Waals surface area (Å²) in [6, 6.07) is 0. The second-order valence-electron chi connectivity index (χ2n) is 4.51. The van der Waals surface area contributed by atoms with E-state index in [1.54, 1.807) is 13.8 Å². The maximum Gasteiger partial charge on any atom is 0.209 e. The molecule has 6 nitrogen and oxygen atoms in total. The molecule has 0 aromatic carbocycles. The molecular formula is C11H22N4O2S. The predicted molar refractivity (Wildman–Crippen MR) is 74.9 cm³/mol. The van der Waals surface area contributed by atoms with Gasteiger partial charge < -0.3 is 10.6 Å². The Kier molecular flexibility index (Phi) is 6.73. The summed E-state index contributed by atoms with van der Waals surface area (Å²) in [5, 5.41) is 5.95. The first-order valence-electron chi connectivity index (χ1n) is 5.65. The van der Waals surface area contributed by atoms with E-state index in [-0.39, 0.29) is 0 Å². The monoisotopic (exact) mass is 274 g/mol. The van der Waals surface area contributed by atoms with Gasteiger partial charge in [0.05, 0.1) is 19.3 Å². The molecule has 0 aliphatic carbocycles. The van der Waals surface area contributed by atoms with Crippen LogP contribution in [-0.2, 0) is 10.0 Å². The van der Waals surface area contributed by atoms with Crippen molar-refractivity contribution in [1.29, 1.82) is 0 Å². The van der Waals surface area contributed by atoms with Crippen LogP contribution in [0.15, 0.2) is 4.99 Å². The molecule has 0 unspecified atom stereocenters. The van der Waals surface area contributed by atoms with Gasteiger partial charge in [-0.1, -0.05) is 5.92 Å². The molecule has 0 saturated carbocycles. The highest BCUT2D eigenvalue weighted by Crippen LogP contribution is 2.04. The first-order valence-corrected chi connectivity index (χ1v) is 7.54. The molecule has 0 bridgehead atoms. The van der Waals surface area contributed by atoms with Gasteiger partial charge in [-0.2, -0.15) is 0 Å². The maximum atomic E-state index is 11.2. The third-order valence-corrected chi connectivity index (χ3v) is 2.72. The quantitative estimate of drug-likeness (QED) is 0.346. The van der Waals surface area contributed by atoms with Crippen molar-refractivity contribution in [3.63, 3.8) is 0 Å². The fourth-order valence-electron chi connectivity index (χ4n) is 1.29. The van der Waals surface area contributed by atoms with E-state index in [4.69, 9.17) is 6.42 Å². The zero-order chi connectivity index (χ0) is 14.2. The van der Waals surface area contributed by atoms with Crippen LogP contribution in [0, 0.1) is 12.3 Å². The molecule has 0 heterocycles. The Hall–Kier alpha value is -1.26. The standard InChI is InChI=1S/C11H22N4O2S/c1-6-8-13-10(12-7-2)14-9-11(3,4)15-18(5,16)17/h1,15H,7-9H2,2-5H3,(H2,12,13,14). The summed E-state index contributed by atoms with van der Waals surface area (Å²) in [6.07, 6.45) is 6.28. The SMILES string of the molecule is C#CCNC(=NCC(C)(C)NS(C)(=O)=O)NCC. The highest BCUT2D eigenvalue weighted by atomic mass is 32.2. The average Bonchev–Trinajstić information content (AvgIpc) is 2.19. The minimum Gasteiger partial charge on any atom is -0.357 e. The lowest BCUT2D eigenvalue weighted by molar-refractivity contribution is 0.465. The predicted octanol–water partition coefficient (Wildman–Crippen LogP) is -0.497. The summed E-state index contributed by atoms with van der Waals surface area (Å²) in [5.74, 6) is 3.02. The molecule has 0 aliphatic heterocycles. The Morgan fingerprint density at radius 3 is 2.44 bits per heavy atom. The van der Waals surface area contributed by atoms with E-state index in [2.05, 4.69) is 26.3 Å². The van der Waals surface area contributed by atoms with E-state index in [1.165, 1.54) is 0 Å². The molecule has 104 valence electrons. The molecule has 0 radical (unpaired) electrons. The molecule has 18 heavy (non-hydrogen) atoms. The van der Waals surface area contributed by atoms with Gasteiger partial charge in [0, 0.05) is 12.1 Å². The van der Waals surface area contributed by atoms with E-state index < -0.39 is 15.6 Å². The Morgan fingerprint density at radius 2 is 2.00 bits per heavy atom. The molecule has 0 rings (SSSR count). The van der Waals surface area contributed by atoms with E-state index in [0.717, 1.165) is 6.26 Å². The summed E-state index contributed by atoms with van der Waals surface area (Å²) in [4.78, 5) is 4.28. The van der Waals surface area contributed by atoms with Crippen molar-refractivity contribution in [1.82, 2.24) is 15.4 Å². The summed E-state index contributed by atoms with van der Waals surface area (Å²) >= 11 is 0. The molecule has 3 N–H and O–H groups in total. The lowest BCUT2D eigenvalue weighted by Crippen LogP contribution is -2.46. The fraction of sp³-hybridized carbons (Fsp3) is 0.727. The largest absolute Gasteiger partial charge is 0.357 e. The van der Waals surface area contributed by atoms with Crippen LogP contribution in [0.5, 0.6) is 0 Å². The van der Waals surface area contributed by atoms with Crippen LogP contribution in [0.3, 0.4) is 0 Å². The molecule has 0 spiro atoms. The van der Waals surface area contributed by atoms with Crippen LogP contribution in [0.25, 0.3) is 0 Å². The summed E-state index contributed by atoms with van der Waals surface area (Å²) in [6.45, 7) is 6.85. The van der Waals surface area contributed by atoms with E-state index in [1.807, 2.05) is 6.92 Å². The number of terminal acetylenes is 1. The van der Waals surface area contributed by atoms with Crippen LogP contribution in [0.4, 0.5) is 0 Å². The van der Waals surface area contributed by atoms with Crippen LogP contribution < -0.4 is 15.4 Å². The highest BCUT2D eigenvalue weighted by Gasteiger charge is 2.21. The van der Waals surface area contributed by atoms with Gasteiger partial charge in [0.2, 0.25) is 10.0 Å². The number of guanidine groups is 1. The highest BCUT2D eigenvalue weighted by molar-refractivity contribution is 7.88. The van der Waals surface area contributed by atoms with Crippen molar-refractivity contribution in [2.45, 2.75) is 26.3 Å². The summed E-state index contributed by atoms with van der Waals surface area (Å²) in [5.41, 5.74) is -0.647. The topological polar surface area (TPSA) is 82.6 Å². The minimum absolute atomic E-state index is 0.306. The van der Waals surface area contributed by atoms with Crippen molar-refractivity contribution in [2.75, 3.05) is 25.9 Å². The number of nitrogens with one attached hydrogen (secondary N) is 3. The second kappa shape index (κ2) is 7.24. The van der Waals surface area contributed by atoms with Crippen molar-refractivity contribution in [2.24, 2.45) is 4.99 Å². The van der Waals surface area contributed by atoms with Crippen molar-refractivity contribution < 1.29 is 8.42 Å². The lowest BCUT2D eigenvalue weighted by Gasteiger charge is -2.23. The third kappa shape index (κ3) is 8.84. The number of aliphatic imine (C=N–C) groups is 1. The summed E-state index contributed by atoms with van der Waals surface area (Å²) < 4.78 is 24.9.